The molecule has 1 rings (SSSR count). The van der Waals surface area contributed by atoms with E-state index in [9.17, 15) is 13.2 Å². The van der Waals surface area contributed by atoms with Crippen LogP contribution in [0.15, 0.2) is 18.2 Å². The van der Waals surface area contributed by atoms with Crippen LogP contribution in [0.25, 0.3) is 0 Å². The Labute approximate surface area is 114 Å². The van der Waals surface area contributed by atoms with Gasteiger partial charge in [0.05, 0.1) is 5.75 Å². The molecular weight excluding hydrogens is 264 g/mol. The van der Waals surface area contributed by atoms with Crippen molar-refractivity contribution in [3.63, 3.8) is 0 Å². The molecule has 0 unspecified atom stereocenters. The van der Waals surface area contributed by atoms with Crippen LogP contribution in [-0.2, 0) is 14.6 Å². The molecule has 0 aliphatic carbocycles. The van der Waals surface area contributed by atoms with Crippen LogP contribution in [0.2, 0.25) is 0 Å². The normalized spacial score (nSPS) is 11.3. The fourth-order valence-corrected chi connectivity index (χ4v) is 2.51. The van der Waals surface area contributed by atoms with E-state index < -0.39 is 9.84 Å². The van der Waals surface area contributed by atoms with Crippen molar-refractivity contribution in [2.75, 3.05) is 22.6 Å². The SMILES string of the molecule is CCS(=O)(=O)CCCC(=O)Nc1ccc(N)cc1C. The Hall–Kier alpha value is -1.56. The van der Waals surface area contributed by atoms with E-state index in [2.05, 4.69) is 5.32 Å². The second kappa shape index (κ2) is 6.56. The molecule has 5 nitrogen and oxygen atoms in total. The summed E-state index contributed by atoms with van der Waals surface area (Å²) in [4.78, 5) is 11.7. The summed E-state index contributed by atoms with van der Waals surface area (Å²) < 4.78 is 22.6. The molecule has 19 heavy (non-hydrogen) atoms. The molecule has 1 amide bonds. The monoisotopic (exact) mass is 284 g/mol. The van der Waals surface area contributed by atoms with Crippen molar-refractivity contribution in [3.05, 3.63) is 23.8 Å². The Morgan fingerprint density at radius 2 is 2.05 bits per heavy atom. The van der Waals surface area contributed by atoms with Crippen LogP contribution >= 0.6 is 0 Å². The molecule has 1 aromatic carbocycles. The lowest BCUT2D eigenvalue weighted by atomic mass is 10.1. The quantitative estimate of drug-likeness (QED) is 0.778. The van der Waals surface area contributed by atoms with Crippen molar-refractivity contribution in [1.29, 1.82) is 0 Å². The number of carbonyl (C=O) groups is 1. The number of rotatable bonds is 6. The summed E-state index contributed by atoms with van der Waals surface area (Å²) in [7, 11) is -3.00. The first-order valence-electron chi connectivity index (χ1n) is 6.20. The molecule has 3 N–H and O–H groups in total. The Bertz CT molecular complexity index is 553. The van der Waals surface area contributed by atoms with Crippen molar-refractivity contribution in [3.8, 4) is 0 Å². The largest absolute Gasteiger partial charge is 0.399 e. The van der Waals surface area contributed by atoms with Gasteiger partial charge < -0.3 is 11.1 Å². The molecule has 1 aromatic rings. The van der Waals surface area contributed by atoms with Gasteiger partial charge >= 0.3 is 0 Å². The molecule has 0 saturated heterocycles. The van der Waals surface area contributed by atoms with E-state index in [0.717, 1.165) is 5.56 Å². The summed E-state index contributed by atoms with van der Waals surface area (Å²) in [5, 5.41) is 2.75. The van der Waals surface area contributed by atoms with Crippen molar-refractivity contribution in [2.45, 2.75) is 26.7 Å². The highest BCUT2D eigenvalue weighted by Crippen LogP contribution is 2.17. The topological polar surface area (TPSA) is 89.3 Å². The van der Waals surface area contributed by atoms with E-state index in [1.165, 1.54) is 0 Å². The van der Waals surface area contributed by atoms with Crippen LogP contribution in [-0.4, -0.2) is 25.8 Å². The maximum Gasteiger partial charge on any atom is 0.224 e. The third-order valence-electron chi connectivity index (χ3n) is 2.82. The molecule has 0 aliphatic heterocycles. The van der Waals surface area contributed by atoms with E-state index in [1.54, 1.807) is 25.1 Å². The van der Waals surface area contributed by atoms with Crippen molar-refractivity contribution < 1.29 is 13.2 Å². The third-order valence-corrected chi connectivity index (χ3v) is 4.61. The lowest BCUT2D eigenvalue weighted by Crippen LogP contribution is -2.15. The van der Waals surface area contributed by atoms with Gasteiger partial charge in [0, 0.05) is 23.5 Å². The van der Waals surface area contributed by atoms with E-state index in [4.69, 9.17) is 5.73 Å². The van der Waals surface area contributed by atoms with Crippen molar-refractivity contribution in [1.82, 2.24) is 0 Å². The first-order chi connectivity index (χ1) is 8.84. The molecule has 0 spiro atoms. The van der Waals surface area contributed by atoms with Gasteiger partial charge in [-0.3, -0.25) is 4.79 Å². The molecule has 0 aromatic heterocycles. The molecule has 106 valence electrons. The molecule has 0 bridgehead atoms. The first-order valence-corrected chi connectivity index (χ1v) is 8.02. The number of carbonyl (C=O) groups excluding carboxylic acids is 1. The highest BCUT2D eigenvalue weighted by atomic mass is 32.2. The Morgan fingerprint density at radius 3 is 2.63 bits per heavy atom. The predicted octanol–water partition coefficient (Wildman–Crippen LogP) is 1.73. The van der Waals surface area contributed by atoms with Gasteiger partial charge in [0.25, 0.3) is 0 Å². The van der Waals surface area contributed by atoms with Crippen LogP contribution in [0.5, 0.6) is 0 Å². The predicted molar refractivity (Wildman–Crippen MR) is 77.8 cm³/mol. The minimum atomic E-state index is -3.00. The van der Waals surface area contributed by atoms with Crippen LogP contribution in [0.3, 0.4) is 0 Å². The molecule has 0 atom stereocenters. The van der Waals surface area contributed by atoms with Crippen LogP contribution < -0.4 is 11.1 Å². The number of nitrogens with two attached hydrogens (primary N) is 1. The average Bonchev–Trinajstić information content (AvgIpc) is 2.32. The van der Waals surface area contributed by atoms with Gasteiger partial charge in [0.15, 0.2) is 0 Å². The highest BCUT2D eigenvalue weighted by molar-refractivity contribution is 7.91. The number of hydrogen-bond donors (Lipinski definition) is 2. The van der Waals surface area contributed by atoms with Gasteiger partial charge in [-0.25, -0.2) is 8.42 Å². The van der Waals surface area contributed by atoms with E-state index in [-0.39, 0.29) is 23.8 Å². The van der Waals surface area contributed by atoms with Gasteiger partial charge in [-0.1, -0.05) is 6.92 Å². The summed E-state index contributed by atoms with van der Waals surface area (Å²) in [5.41, 5.74) is 7.86. The number of aryl methyl sites for hydroxylation is 1. The minimum Gasteiger partial charge on any atom is -0.399 e. The number of benzene rings is 1. The van der Waals surface area contributed by atoms with Crippen molar-refractivity contribution in [2.24, 2.45) is 0 Å². The van der Waals surface area contributed by atoms with E-state index >= 15 is 0 Å². The maximum atomic E-state index is 11.7. The van der Waals surface area contributed by atoms with E-state index in [0.29, 0.717) is 17.8 Å². The molecule has 0 fully saturated rings. The number of anilines is 2. The standard InChI is InChI=1S/C13H20N2O3S/c1-3-19(17,18)8-4-5-13(16)15-12-7-6-11(14)9-10(12)2/h6-7,9H,3-5,8,14H2,1-2H3,(H,15,16). The fraction of sp³-hybridized carbons (Fsp3) is 0.462. The van der Waals surface area contributed by atoms with Gasteiger partial charge in [-0.2, -0.15) is 0 Å². The van der Waals surface area contributed by atoms with Crippen LogP contribution in [0.4, 0.5) is 11.4 Å². The van der Waals surface area contributed by atoms with Gasteiger partial charge in [0.1, 0.15) is 9.84 Å². The molecule has 0 radical (unpaired) electrons. The fourth-order valence-electron chi connectivity index (χ4n) is 1.64. The van der Waals surface area contributed by atoms with Crippen LogP contribution in [0.1, 0.15) is 25.3 Å². The zero-order valence-corrected chi connectivity index (χ0v) is 12.1. The summed E-state index contributed by atoms with van der Waals surface area (Å²) in [6.45, 7) is 3.46. The first kappa shape index (κ1) is 15.5. The summed E-state index contributed by atoms with van der Waals surface area (Å²) >= 11 is 0. The Morgan fingerprint density at radius 1 is 1.37 bits per heavy atom. The average molecular weight is 284 g/mol. The van der Waals surface area contributed by atoms with Gasteiger partial charge in [-0.15, -0.1) is 0 Å². The Balaban J connectivity index is 2.48. The second-order valence-electron chi connectivity index (χ2n) is 4.46. The molecular formula is C13H20N2O3S. The maximum absolute atomic E-state index is 11.7. The third kappa shape index (κ3) is 5.30. The van der Waals surface area contributed by atoms with Crippen LogP contribution in [0, 0.1) is 6.92 Å². The lowest BCUT2D eigenvalue weighted by molar-refractivity contribution is -0.116. The zero-order valence-electron chi connectivity index (χ0n) is 11.3. The highest BCUT2D eigenvalue weighted by Gasteiger charge is 2.10. The number of hydrogen-bond acceptors (Lipinski definition) is 4. The number of nitrogen functional groups attached to an aromatic ring is 1. The zero-order chi connectivity index (χ0) is 14.5. The lowest BCUT2D eigenvalue weighted by Gasteiger charge is -2.09. The second-order valence-corrected chi connectivity index (χ2v) is 6.94. The molecule has 0 aliphatic rings. The van der Waals surface area contributed by atoms with Crippen molar-refractivity contribution >= 4 is 27.1 Å². The van der Waals surface area contributed by atoms with E-state index in [1.807, 2.05) is 6.92 Å². The smallest absolute Gasteiger partial charge is 0.224 e. The number of amides is 1. The number of sulfone groups is 1. The van der Waals surface area contributed by atoms with Gasteiger partial charge in [0.2, 0.25) is 5.91 Å². The Kier molecular flexibility index (Phi) is 5.35. The number of nitrogens with one attached hydrogen (secondary N) is 1. The molecule has 6 heteroatoms. The molecule has 0 heterocycles. The summed E-state index contributed by atoms with van der Waals surface area (Å²) in [6.07, 6.45) is 0.541. The minimum absolute atomic E-state index is 0.0532. The summed E-state index contributed by atoms with van der Waals surface area (Å²) in [6, 6.07) is 5.23. The molecule has 0 saturated carbocycles. The van der Waals surface area contributed by atoms with Gasteiger partial charge in [-0.05, 0) is 37.1 Å². The summed E-state index contributed by atoms with van der Waals surface area (Å²) in [5.74, 6) is -0.0114.